The SMILES string of the molecule is Cc1ccc([C@H]2/C(=C3\C(=O)c4ccccc4[C@H]3c3ccc(C)cc3)C(=O)c3ccccc32)cc1. The first-order valence-electron chi connectivity index (χ1n) is 11.7. The van der Waals surface area contributed by atoms with Gasteiger partial charge in [0.15, 0.2) is 11.6 Å². The van der Waals surface area contributed by atoms with Crippen LogP contribution in [0.2, 0.25) is 0 Å². The zero-order valence-electron chi connectivity index (χ0n) is 19.2. The molecule has 6 rings (SSSR count). The Bertz CT molecular complexity index is 1370. The number of allylic oxidation sites excluding steroid dienone is 2. The van der Waals surface area contributed by atoms with Gasteiger partial charge in [0.25, 0.3) is 0 Å². The van der Waals surface area contributed by atoms with E-state index in [0.29, 0.717) is 22.3 Å². The Hall–Kier alpha value is -4.04. The predicted octanol–water partition coefficient (Wildman–Crippen LogP) is 6.96. The number of carbonyl (C=O) groups is 2. The molecule has 0 aliphatic heterocycles. The smallest absolute Gasteiger partial charge is 0.190 e. The third-order valence-electron chi connectivity index (χ3n) is 7.21. The molecule has 0 N–H and O–H groups in total. The highest BCUT2D eigenvalue weighted by Gasteiger charge is 2.45. The lowest BCUT2D eigenvalue weighted by atomic mass is 9.81. The van der Waals surface area contributed by atoms with Crippen LogP contribution in [-0.2, 0) is 0 Å². The van der Waals surface area contributed by atoms with Crippen LogP contribution < -0.4 is 0 Å². The molecule has 0 heterocycles. The van der Waals surface area contributed by atoms with Gasteiger partial charge in [0.2, 0.25) is 0 Å². The maximum absolute atomic E-state index is 14.0. The number of hydrogen-bond acceptors (Lipinski definition) is 2. The average molecular weight is 441 g/mol. The second kappa shape index (κ2) is 7.78. The van der Waals surface area contributed by atoms with Gasteiger partial charge >= 0.3 is 0 Å². The summed E-state index contributed by atoms with van der Waals surface area (Å²) in [5, 5.41) is 0. The van der Waals surface area contributed by atoms with E-state index >= 15 is 0 Å². The summed E-state index contributed by atoms with van der Waals surface area (Å²) in [5.74, 6) is -0.583. The van der Waals surface area contributed by atoms with Crippen molar-refractivity contribution >= 4 is 11.6 Å². The van der Waals surface area contributed by atoms with E-state index in [0.717, 1.165) is 33.4 Å². The number of hydrogen-bond donors (Lipinski definition) is 0. The summed E-state index contributed by atoms with van der Waals surface area (Å²) < 4.78 is 0. The van der Waals surface area contributed by atoms with Gasteiger partial charge in [-0.05, 0) is 36.1 Å². The largest absolute Gasteiger partial charge is 0.289 e. The highest BCUT2D eigenvalue weighted by Crippen LogP contribution is 2.51. The topological polar surface area (TPSA) is 34.1 Å². The first kappa shape index (κ1) is 20.6. The Labute approximate surface area is 199 Å². The standard InChI is InChI=1S/C32H24O2/c1-19-11-15-21(16-12-19)27-23-7-3-5-9-25(23)31(33)29(27)30-28(22-17-13-20(2)14-18-22)24-8-4-6-10-26(24)32(30)34/h3-18,27-28H,1-2H3/b30-29+/t27-,28-/m1/s1. The number of carbonyl (C=O) groups excluding carboxylic acids is 2. The number of benzene rings is 4. The van der Waals surface area contributed by atoms with Crippen molar-refractivity contribution < 1.29 is 9.59 Å². The van der Waals surface area contributed by atoms with Crippen LogP contribution >= 0.6 is 0 Å². The van der Waals surface area contributed by atoms with Crippen LogP contribution in [0.1, 0.15) is 65.9 Å². The van der Waals surface area contributed by atoms with Crippen LogP contribution in [0.5, 0.6) is 0 Å². The van der Waals surface area contributed by atoms with Crippen LogP contribution in [-0.4, -0.2) is 11.6 Å². The minimum absolute atomic E-state index is 0.0329. The van der Waals surface area contributed by atoms with Gasteiger partial charge in [-0.25, -0.2) is 0 Å². The summed E-state index contributed by atoms with van der Waals surface area (Å²) >= 11 is 0. The second-order valence-electron chi connectivity index (χ2n) is 9.35. The van der Waals surface area contributed by atoms with E-state index in [1.165, 1.54) is 0 Å². The third-order valence-corrected chi connectivity index (χ3v) is 7.21. The molecule has 2 atom stereocenters. The molecule has 2 aliphatic carbocycles. The van der Waals surface area contributed by atoms with Crippen molar-refractivity contribution in [3.63, 3.8) is 0 Å². The lowest BCUT2D eigenvalue weighted by Gasteiger charge is -2.20. The number of aryl methyl sites for hydroxylation is 2. The zero-order valence-corrected chi connectivity index (χ0v) is 19.2. The number of rotatable bonds is 2. The Kier molecular flexibility index (Phi) is 4.70. The molecule has 164 valence electrons. The molecular formula is C32H24O2. The molecule has 0 saturated carbocycles. The molecule has 0 spiro atoms. The minimum atomic E-state index is -0.259. The quantitative estimate of drug-likeness (QED) is 0.316. The van der Waals surface area contributed by atoms with Gasteiger partial charge < -0.3 is 0 Å². The van der Waals surface area contributed by atoms with E-state index in [4.69, 9.17) is 0 Å². The molecule has 2 nitrogen and oxygen atoms in total. The van der Waals surface area contributed by atoms with Gasteiger partial charge in [0.05, 0.1) is 0 Å². The van der Waals surface area contributed by atoms with Crippen molar-refractivity contribution in [3.05, 3.63) is 153 Å². The molecule has 0 aromatic heterocycles. The third kappa shape index (κ3) is 3.03. The fourth-order valence-corrected chi connectivity index (χ4v) is 5.54. The van der Waals surface area contributed by atoms with Crippen LogP contribution in [0, 0.1) is 13.8 Å². The lowest BCUT2D eigenvalue weighted by molar-refractivity contribution is 0.100. The molecular weight excluding hydrogens is 416 g/mol. The molecule has 0 amide bonds. The van der Waals surface area contributed by atoms with Gasteiger partial charge in [-0.1, -0.05) is 108 Å². The summed E-state index contributed by atoms with van der Waals surface area (Å²) in [5.41, 5.74) is 9.00. The van der Waals surface area contributed by atoms with E-state index in [1.807, 2.05) is 48.5 Å². The molecule has 0 fully saturated rings. The predicted molar refractivity (Wildman–Crippen MR) is 135 cm³/mol. The van der Waals surface area contributed by atoms with Crippen LogP contribution in [0.25, 0.3) is 0 Å². The van der Waals surface area contributed by atoms with Gasteiger partial charge in [-0.3, -0.25) is 9.59 Å². The molecule has 4 aromatic carbocycles. The summed E-state index contributed by atoms with van der Waals surface area (Å²) in [4.78, 5) is 27.9. The lowest BCUT2D eigenvalue weighted by Crippen LogP contribution is -2.13. The van der Waals surface area contributed by atoms with E-state index in [2.05, 4.69) is 62.4 Å². The normalized spacial score (nSPS) is 21.0. The molecule has 2 aliphatic rings. The fourth-order valence-electron chi connectivity index (χ4n) is 5.54. The van der Waals surface area contributed by atoms with E-state index in [1.54, 1.807) is 0 Å². The Morgan fingerprint density at radius 3 is 1.21 bits per heavy atom. The maximum atomic E-state index is 14.0. The molecule has 0 unspecified atom stereocenters. The van der Waals surface area contributed by atoms with Crippen molar-refractivity contribution in [3.8, 4) is 0 Å². The van der Waals surface area contributed by atoms with Crippen LogP contribution in [0.15, 0.2) is 108 Å². The maximum Gasteiger partial charge on any atom is 0.190 e. The van der Waals surface area contributed by atoms with Crippen LogP contribution in [0.3, 0.4) is 0 Å². The van der Waals surface area contributed by atoms with E-state index in [-0.39, 0.29) is 23.4 Å². The Morgan fingerprint density at radius 1 is 0.471 bits per heavy atom. The highest BCUT2D eigenvalue weighted by atomic mass is 16.1. The molecule has 0 saturated heterocycles. The van der Waals surface area contributed by atoms with E-state index < -0.39 is 0 Å². The average Bonchev–Trinajstić information content (AvgIpc) is 3.31. The number of Topliss-reactive ketones (excluding diaryl/α,β-unsaturated/α-hetero) is 2. The minimum Gasteiger partial charge on any atom is -0.289 e. The van der Waals surface area contributed by atoms with Gasteiger partial charge in [0.1, 0.15) is 0 Å². The molecule has 0 bridgehead atoms. The van der Waals surface area contributed by atoms with Crippen molar-refractivity contribution in [2.24, 2.45) is 0 Å². The van der Waals surface area contributed by atoms with Crippen molar-refractivity contribution in [2.45, 2.75) is 25.7 Å². The number of fused-ring (bicyclic) bond motifs is 2. The van der Waals surface area contributed by atoms with Crippen molar-refractivity contribution in [1.29, 1.82) is 0 Å². The second-order valence-corrected chi connectivity index (χ2v) is 9.35. The van der Waals surface area contributed by atoms with E-state index in [9.17, 15) is 9.59 Å². The first-order chi connectivity index (χ1) is 16.5. The Morgan fingerprint density at radius 2 is 0.824 bits per heavy atom. The molecule has 2 heteroatoms. The molecule has 0 radical (unpaired) electrons. The summed E-state index contributed by atoms with van der Waals surface area (Å²) in [6.07, 6.45) is 0. The van der Waals surface area contributed by atoms with Gasteiger partial charge in [0, 0.05) is 34.1 Å². The summed E-state index contributed by atoms with van der Waals surface area (Å²) in [6.45, 7) is 4.11. The van der Waals surface area contributed by atoms with Gasteiger partial charge in [-0.15, -0.1) is 0 Å². The van der Waals surface area contributed by atoms with Crippen LogP contribution in [0.4, 0.5) is 0 Å². The van der Waals surface area contributed by atoms with Crippen molar-refractivity contribution in [2.75, 3.05) is 0 Å². The highest BCUT2D eigenvalue weighted by molar-refractivity contribution is 6.24. The van der Waals surface area contributed by atoms with Crippen molar-refractivity contribution in [1.82, 2.24) is 0 Å². The first-order valence-corrected chi connectivity index (χ1v) is 11.7. The molecule has 4 aromatic rings. The molecule has 34 heavy (non-hydrogen) atoms. The Balaban J connectivity index is 1.66. The number of ketones is 2. The fraction of sp³-hybridized carbons (Fsp3) is 0.125. The monoisotopic (exact) mass is 440 g/mol. The van der Waals surface area contributed by atoms with Gasteiger partial charge in [-0.2, -0.15) is 0 Å². The summed E-state index contributed by atoms with van der Waals surface area (Å²) in [6, 6.07) is 32.2. The zero-order chi connectivity index (χ0) is 23.4. The summed E-state index contributed by atoms with van der Waals surface area (Å²) in [7, 11) is 0.